The molecule has 0 atom stereocenters. The topological polar surface area (TPSA) is 0 Å². The molecule has 0 N–H and O–H groups in total. The van der Waals surface area contributed by atoms with Gasteiger partial charge in [0.1, 0.15) is 0 Å². The maximum Gasteiger partial charge on any atom is 0.0233 e. The van der Waals surface area contributed by atoms with Gasteiger partial charge < -0.3 is 0 Å². The average molecular weight is 122 g/mol. The lowest BCUT2D eigenvalue weighted by molar-refractivity contribution is 0.571. The molecule has 0 bridgehead atoms. The highest BCUT2D eigenvalue weighted by Crippen LogP contribution is 2.09. The van der Waals surface area contributed by atoms with Crippen LogP contribution < -0.4 is 0 Å². The summed E-state index contributed by atoms with van der Waals surface area (Å²) < 4.78 is 0. The highest BCUT2D eigenvalue weighted by molar-refractivity contribution is 5.25. The first-order valence-electron chi connectivity index (χ1n) is 3.10. The SMILES string of the molecule is C=C(C)C#CC(C)(C)C. The third kappa shape index (κ3) is 7.30. The summed E-state index contributed by atoms with van der Waals surface area (Å²) in [7, 11) is 0. The van der Waals surface area contributed by atoms with E-state index in [1.54, 1.807) is 0 Å². The van der Waals surface area contributed by atoms with E-state index >= 15 is 0 Å². The molecule has 0 saturated heterocycles. The Balaban J connectivity index is 4.04. The molecule has 0 radical (unpaired) electrons. The van der Waals surface area contributed by atoms with Crippen molar-refractivity contribution in [3.8, 4) is 11.8 Å². The number of hydrogen-bond acceptors (Lipinski definition) is 0. The van der Waals surface area contributed by atoms with Crippen molar-refractivity contribution in [3.05, 3.63) is 12.2 Å². The first-order valence-corrected chi connectivity index (χ1v) is 3.10. The fourth-order valence-corrected chi connectivity index (χ4v) is 0.294. The Morgan fingerprint density at radius 2 is 1.78 bits per heavy atom. The monoisotopic (exact) mass is 122 g/mol. The minimum atomic E-state index is 0.110. The summed E-state index contributed by atoms with van der Waals surface area (Å²) in [5.74, 6) is 6.01. The summed E-state index contributed by atoms with van der Waals surface area (Å²) in [5.41, 5.74) is 1.05. The average Bonchev–Trinajstić information content (AvgIpc) is 1.59. The third-order valence-electron chi connectivity index (χ3n) is 0.651. The van der Waals surface area contributed by atoms with Gasteiger partial charge in [0.25, 0.3) is 0 Å². The van der Waals surface area contributed by atoms with Crippen LogP contribution in [0.15, 0.2) is 12.2 Å². The van der Waals surface area contributed by atoms with Crippen LogP contribution in [0.2, 0.25) is 0 Å². The van der Waals surface area contributed by atoms with Crippen molar-refractivity contribution in [2.75, 3.05) is 0 Å². The van der Waals surface area contributed by atoms with Gasteiger partial charge in [0, 0.05) is 5.41 Å². The first-order chi connectivity index (χ1) is 3.92. The molecular weight excluding hydrogens is 108 g/mol. The molecule has 0 aliphatic heterocycles. The zero-order valence-corrected chi connectivity index (χ0v) is 6.71. The molecule has 0 fully saturated rings. The standard InChI is InChI=1S/C9H14/c1-8(2)6-7-9(3,4)5/h1H2,2-5H3. The van der Waals surface area contributed by atoms with Crippen LogP contribution in [0, 0.1) is 17.3 Å². The lowest BCUT2D eigenvalue weighted by Crippen LogP contribution is -1.98. The van der Waals surface area contributed by atoms with Crippen LogP contribution in [0.3, 0.4) is 0 Å². The molecule has 0 aromatic carbocycles. The van der Waals surface area contributed by atoms with E-state index in [0.29, 0.717) is 0 Å². The molecule has 50 valence electrons. The Bertz CT molecular complexity index is 157. The zero-order chi connectivity index (χ0) is 7.49. The summed E-state index contributed by atoms with van der Waals surface area (Å²) >= 11 is 0. The molecule has 0 amide bonds. The van der Waals surface area contributed by atoms with Crippen molar-refractivity contribution in [1.29, 1.82) is 0 Å². The van der Waals surface area contributed by atoms with Gasteiger partial charge in [0.2, 0.25) is 0 Å². The Hall–Kier alpha value is -0.700. The van der Waals surface area contributed by atoms with Gasteiger partial charge in [-0.15, -0.1) is 0 Å². The molecule has 0 nitrogen and oxygen atoms in total. The number of hydrogen-bond donors (Lipinski definition) is 0. The van der Waals surface area contributed by atoms with Crippen molar-refractivity contribution < 1.29 is 0 Å². The zero-order valence-electron chi connectivity index (χ0n) is 6.71. The lowest BCUT2D eigenvalue weighted by atomic mass is 9.98. The predicted molar refractivity (Wildman–Crippen MR) is 42.0 cm³/mol. The summed E-state index contributed by atoms with van der Waals surface area (Å²) in [5, 5.41) is 0. The second kappa shape index (κ2) is 2.73. The van der Waals surface area contributed by atoms with Crippen LogP contribution in [0.25, 0.3) is 0 Å². The fourth-order valence-electron chi connectivity index (χ4n) is 0.294. The first kappa shape index (κ1) is 8.30. The summed E-state index contributed by atoms with van der Waals surface area (Å²) in [6.45, 7) is 11.9. The van der Waals surface area contributed by atoms with E-state index in [0.717, 1.165) is 5.57 Å². The van der Waals surface area contributed by atoms with E-state index in [2.05, 4.69) is 39.2 Å². The Labute approximate surface area is 58.0 Å². The summed E-state index contributed by atoms with van der Waals surface area (Å²) in [6, 6.07) is 0. The van der Waals surface area contributed by atoms with E-state index in [9.17, 15) is 0 Å². The minimum Gasteiger partial charge on any atom is -0.0923 e. The van der Waals surface area contributed by atoms with Gasteiger partial charge in [-0.2, -0.15) is 0 Å². The van der Waals surface area contributed by atoms with Crippen LogP contribution in [-0.4, -0.2) is 0 Å². The molecular formula is C9H14. The second-order valence-electron chi connectivity index (χ2n) is 3.28. The van der Waals surface area contributed by atoms with Gasteiger partial charge in [-0.3, -0.25) is 0 Å². The largest absolute Gasteiger partial charge is 0.0923 e. The molecule has 9 heavy (non-hydrogen) atoms. The molecule has 0 aromatic rings. The number of rotatable bonds is 0. The minimum absolute atomic E-state index is 0.110. The van der Waals surface area contributed by atoms with Gasteiger partial charge in [-0.05, 0) is 33.3 Å². The molecule has 0 saturated carbocycles. The van der Waals surface area contributed by atoms with Gasteiger partial charge in [0.05, 0.1) is 0 Å². The molecule has 0 heterocycles. The van der Waals surface area contributed by atoms with Gasteiger partial charge >= 0.3 is 0 Å². The third-order valence-corrected chi connectivity index (χ3v) is 0.651. The molecule has 0 unspecified atom stereocenters. The van der Waals surface area contributed by atoms with Crippen molar-refractivity contribution in [2.45, 2.75) is 27.7 Å². The van der Waals surface area contributed by atoms with Crippen molar-refractivity contribution in [1.82, 2.24) is 0 Å². The van der Waals surface area contributed by atoms with Crippen LogP contribution in [0.1, 0.15) is 27.7 Å². The second-order valence-corrected chi connectivity index (χ2v) is 3.28. The highest BCUT2D eigenvalue weighted by Gasteiger charge is 2.02. The van der Waals surface area contributed by atoms with Crippen LogP contribution >= 0.6 is 0 Å². The number of allylic oxidation sites excluding steroid dienone is 1. The van der Waals surface area contributed by atoms with E-state index in [1.165, 1.54) is 0 Å². The maximum atomic E-state index is 3.68. The van der Waals surface area contributed by atoms with Crippen LogP contribution in [0.4, 0.5) is 0 Å². The quantitative estimate of drug-likeness (QED) is 0.433. The van der Waals surface area contributed by atoms with Gasteiger partial charge in [-0.1, -0.05) is 18.4 Å². The molecule has 0 aromatic heterocycles. The van der Waals surface area contributed by atoms with E-state index in [1.807, 2.05) is 6.92 Å². The normalized spacial score (nSPS) is 9.78. The van der Waals surface area contributed by atoms with E-state index < -0.39 is 0 Å². The van der Waals surface area contributed by atoms with Crippen LogP contribution in [-0.2, 0) is 0 Å². The smallest absolute Gasteiger partial charge is 0.0233 e. The van der Waals surface area contributed by atoms with Gasteiger partial charge in [0.15, 0.2) is 0 Å². The van der Waals surface area contributed by atoms with Crippen LogP contribution in [0.5, 0.6) is 0 Å². The summed E-state index contributed by atoms with van der Waals surface area (Å²) in [6.07, 6.45) is 0. The van der Waals surface area contributed by atoms with Gasteiger partial charge in [-0.25, -0.2) is 0 Å². The lowest BCUT2D eigenvalue weighted by Gasteiger charge is -2.06. The Morgan fingerprint density at radius 3 is 1.89 bits per heavy atom. The molecule has 0 aliphatic carbocycles. The van der Waals surface area contributed by atoms with E-state index in [4.69, 9.17) is 0 Å². The van der Waals surface area contributed by atoms with Crippen molar-refractivity contribution >= 4 is 0 Å². The van der Waals surface area contributed by atoms with E-state index in [-0.39, 0.29) is 5.41 Å². The Morgan fingerprint density at radius 1 is 1.33 bits per heavy atom. The summed E-state index contributed by atoms with van der Waals surface area (Å²) in [4.78, 5) is 0. The Kier molecular flexibility index (Phi) is 2.52. The molecule has 0 heteroatoms. The highest BCUT2D eigenvalue weighted by atomic mass is 14.1. The maximum absolute atomic E-state index is 3.68. The fraction of sp³-hybridized carbons (Fsp3) is 0.556. The van der Waals surface area contributed by atoms with Crippen molar-refractivity contribution in [2.24, 2.45) is 5.41 Å². The molecule has 0 spiro atoms. The predicted octanol–water partition coefficient (Wildman–Crippen LogP) is 2.61. The molecule has 0 aliphatic rings. The molecule has 0 rings (SSSR count). The van der Waals surface area contributed by atoms with Crippen molar-refractivity contribution in [3.63, 3.8) is 0 Å².